The van der Waals surface area contributed by atoms with Crippen LogP contribution in [0.2, 0.25) is 5.02 Å². The highest BCUT2D eigenvalue weighted by Gasteiger charge is 2.17. The van der Waals surface area contributed by atoms with Crippen molar-refractivity contribution in [1.82, 2.24) is 15.5 Å². The Morgan fingerprint density at radius 2 is 1.93 bits per heavy atom. The van der Waals surface area contributed by atoms with E-state index in [2.05, 4.69) is 20.2 Å². The number of rotatable bonds is 8. The first-order valence-corrected chi connectivity index (χ1v) is 11.1. The van der Waals surface area contributed by atoms with Crippen LogP contribution in [0.1, 0.15) is 15.4 Å². The quantitative estimate of drug-likeness (QED) is 0.543. The number of hydrogen-bond donors (Lipinski definition) is 2. The van der Waals surface area contributed by atoms with Crippen molar-refractivity contribution in [2.45, 2.75) is 11.3 Å². The van der Waals surface area contributed by atoms with Crippen LogP contribution in [-0.2, 0) is 16.4 Å². The first kappa shape index (κ1) is 21.0. The second-order valence-electron chi connectivity index (χ2n) is 5.80. The molecule has 8 nitrogen and oxygen atoms in total. The summed E-state index contributed by atoms with van der Waals surface area (Å²) in [5, 5.41) is 11.8. The number of benzene rings is 2. The molecule has 152 valence electrons. The van der Waals surface area contributed by atoms with E-state index < -0.39 is 10.0 Å². The molecule has 0 saturated heterocycles. The van der Waals surface area contributed by atoms with E-state index in [9.17, 15) is 13.2 Å². The Kier molecular flexibility index (Phi) is 6.68. The van der Waals surface area contributed by atoms with Crippen LogP contribution in [-0.4, -0.2) is 38.2 Å². The molecule has 1 heterocycles. The Bertz CT molecular complexity index is 1100. The smallest absolute Gasteiger partial charge is 0.263 e. The van der Waals surface area contributed by atoms with Gasteiger partial charge in [0, 0.05) is 23.6 Å². The lowest BCUT2D eigenvalue weighted by Crippen LogP contribution is -2.25. The molecule has 0 radical (unpaired) electrons. The maximum Gasteiger partial charge on any atom is 0.263 e. The van der Waals surface area contributed by atoms with Crippen LogP contribution >= 0.6 is 22.9 Å². The SMILES string of the molecule is COc1cccc(C(=O)NCCc2nnc(NS(=O)(=O)c3ccc(Cl)cc3)s2)c1. The first-order chi connectivity index (χ1) is 13.9. The third-order valence-corrected chi connectivity index (χ3v) is 6.40. The largest absolute Gasteiger partial charge is 0.497 e. The fraction of sp³-hybridized carbons (Fsp3) is 0.167. The van der Waals surface area contributed by atoms with Crippen LogP contribution in [0.3, 0.4) is 0 Å². The van der Waals surface area contributed by atoms with Crippen molar-refractivity contribution in [2.75, 3.05) is 18.4 Å². The molecule has 0 bridgehead atoms. The van der Waals surface area contributed by atoms with Gasteiger partial charge in [0.1, 0.15) is 10.8 Å². The summed E-state index contributed by atoms with van der Waals surface area (Å²) >= 11 is 6.88. The lowest BCUT2D eigenvalue weighted by Gasteiger charge is -2.05. The Balaban J connectivity index is 1.55. The molecule has 0 fully saturated rings. The second-order valence-corrected chi connectivity index (χ2v) is 8.98. The average Bonchev–Trinajstić information content (AvgIpc) is 3.14. The van der Waals surface area contributed by atoms with Gasteiger partial charge >= 0.3 is 0 Å². The van der Waals surface area contributed by atoms with E-state index in [-0.39, 0.29) is 15.9 Å². The number of nitrogens with zero attached hydrogens (tertiary/aromatic N) is 2. The highest BCUT2D eigenvalue weighted by atomic mass is 35.5. The van der Waals surface area contributed by atoms with Crippen LogP contribution in [0.25, 0.3) is 0 Å². The fourth-order valence-electron chi connectivity index (χ4n) is 2.33. The number of ether oxygens (including phenoxy) is 1. The van der Waals surface area contributed by atoms with Crippen molar-refractivity contribution in [3.63, 3.8) is 0 Å². The second kappa shape index (κ2) is 9.21. The fourth-order valence-corrected chi connectivity index (χ4v) is 4.43. The van der Waals surface area contributed by atoms with Crippen molar-refractivity contribution >= 4 is 44.0 Å². The van der Waals surface area contributed by atoms with Gasteiger partial charge in [-0.25, -0.2) is 8.42 Å². The van der Waals surface area contributed by atoms with Gasteiger partial charge in [0.05, 0.1) is 12.0 Å². The monoisotopic (exact) mass is 452 g/mol. The minimum Gasteiger partial charge on any atom is -0.497 e. The summed E-state index contributed by atoms with van der Waals surface area (Å²) in [6, 6.07) is 12.6. The zero-order valence-electron chi connectivity index (χ0n) is 15.3. The number of aromatic nitrogens is 2. The van der Waals surface area contributed by atoms with Crippen LogP contribution in [0.4, 0.5) is 5.13 Å². The van der Waals surface area contributed by atoms with Crippen LogP contribution in [0.5, 0.6) is 5.75 Å². The molecule has 0 atom stereocenters. The predicted molar refractivity (Wildman–Crippen MR) is 111 cm³/mol. The molecule has 0 saturated carbocycles. The molecular formula is C18H17ClN4O4S2. The van der Waals surface area contributed by atoms with Gasteiger partial charge < -0.3 is 10.1 Å². The van der Waals surface area contributed by atoms with Gasteiger partial charge in [-0.3, -0.25) is 9.52 Å². The number of hydrogen-bond acceptors (Lipinski definition) is 7. The molecule has 11 heteroatoms. The van der Waals surface area contributed by atoms with E-state index >= 15 is 0 Å². The Hall–Kier alpha value is -2.69. The standard InChI is InChI=1S/C18H17ClN4O4S2/c1-27-14-4-2-3-12(11-14)17(24)20-10-9-16-21-22-18(28-16)23-29(25,26)15-7-5-13(19)6-8-15/h2-8,11H,9-10H2,1H3,(H,20,24)(H,22,23). The number of nitrogens with one attached hydrogen (secondary N) is 2. The number of carbonyl (C=O) groups excluding carboxylic acids is 1. The maximum absolute atomic E-state index is 12.4. The number of amides is 1. The van der Waals surface area contributed by atoms with Gasteiger partial charge in [-0.2, -0.15) is 0 Å². The maximum atomic E-state index is 12.4. The van der Waals surface area contributed by atoms with Crippen LogP contribution < -0.4 is 14.8 Å². The van der Waals surface area contributed by atoms with E-state index in [1.54, 1.807) is 24.3 Å². The summed E-state index contributed by atoms with van der Waals surface area (Å²) in [5.74, 6) is 0.358. The molecule has 0 aliphatic carbocycles. The molecule has 3 rings (SSSR count). The van der Waals surface area contributed by atoms with Crippen LogP contribution in [0, 0.1) is 0 Å². The zero-order valence-corrected chi connectivity index (χ0v) is 17.6. The molecule has 1 amide bonds. The molecule has 0 aliphatic heterocycles. The number of carbonyl (C=O) groups is 1. The summed E-state index contributed by atoms with van der Waals surface area (Å²) in [7, 11) is -2.24. The van der Waals surface area contributed by atoms with E-state index in [0.717, 1.165) is 11.3 Å². The van der Waals surface area contributed by atoms with E-state index in [1.165, 1.54) is 31.4 Å². The van der Waals surface area contributed by atoms with Crippen molar-refractivity contribution in [1.29, 1.82) is 0 Å². The number of sulfonamides is 1. The van der Waals surface area contributed by atoms with Crippen LogP contribution in [0.15, 0.2) is 53.4 Å². The van der Waals surface area contributed by atoms with Gasteiger partial charge in [0.15, 0.2) is 0 Å². The molecule has 2 aromatic carbocycles. The highest BCUT2D eigenvalue weighted by Crippen LogP contribution is 2.21. The zero-order chi connectivity index (χ0) is 20.9. The van der Waals surface area contributed by atoms with Gasteiger partial charge in [-0.15, -0.1) is 10.2 Å². The van der Waals surface area contributed by atoms with Gasteiger partial charge in [-0.1, -0.05) is 29.0 Å². The van der Waals surface area contributed by atoms with Gasteiger partial charge in [0.2, 0.25) is 5.13 Å². The predicted octanol–water partition coefficient (Wildman–Crippen LogP) is 2.97. The van der Waals surface area contributed by atoms with Crippen molar-refractivity contribution in [2.24, 2.45) is 0 Å². The minimum absolute atomic E-state index is 0.0733. The molecule has 29 heavy (non-hydrogen) atoms. The van der Waals surface area contributed by atoms with E-state index in [1.807, 2.05) is 0 Å². The molecule has 3 aromatic rings. The summed E-state index contributed by atoms with van der Waals surface area (Å²) in [4.78, 5) is 12.2. The molecule has 0 aliphatic rings. The molecule has 2 N–H and O–H groups in total. The molecule has 0 spiro atoms. The summed E-state index contributed by atoms with van der Waals surface area (Å²) in [6.07, 6.45) is 0.413. The third-order valence-electron chi connectivity index (χ3n) is 3.77. The topological polar surface area (TPSA) is 110 Å². The number of halogens is 1. The Morgan fingerprint density at radius 3 is 2.66 bits per heavy atom. The van der Waals surface area contributed by atoms with Gasteiger partial charge in [0.25, 0.3) is 15.9 Å². The summed E-state index contributed by atoms with van der Waals surface area (Å²) in [5.41, 5.74) is 0.484. The van der Waals surface area contributed by atoms with E-state index in [4.69, 9.17) is 16.3 Å². The molecule has 1 aromatic heterocycles. The first-order valence-electron chi connectivity index (χ1n) is 8.40. The summed E-state index contributed by atoms with van der Waals surface area (Å²) < 4.78 is 32.2. The van der Waals surface area contributed by atoms with Crippen molar-refractivity contribution in [3.8, 4) is 5.75 Å². The number of methoxy groups -OCH3 is 1. The average molecular weight is 453 g/mol. The molecule has 0 unspecified atom stereocenters. The number of anilines is 1. The highest BCUT2D eigenvalue weighted by molar-refractivity contribution is 7.93. The Morgan fingerprint density at radius 1 is 1.17 bits per heavy atom. The normalized spacial score (nSPS) is 11.1. The van der Waals surface area contributed by atoms with Crippen molar-refractivity contribution in [3.05, 3.63) is 64.1 Å². The lowest BCUT2D eigenvalue weighted by molar-refractivity contribution is 0.0953. The van der Waals surface area contributed by atoms with Gasteiger partial charge in [-0.05, 0) is 42.5 Å². The molecular weight excluding hydrogens is 436 g/mol. The third kappa shape index (κ3) is 5.66. The lowest BCUT2D eigenvalue weighted by atomic mass is 10.2. The minimum atomic E-state index is -3.78. The Labute approximate surface area is 176 Å². The van der Waals surface area contributed by atoms with Crippen molar-refractivity contribution < 1.29 is 17.9 Å². The van der Waals surface area contributed by atoms with E-state index in [0.29, 0.717) is 34.3 Å². The summed E-state index contributed by atoms with van der Waals surface area (Å²) in [6.45, 7) is 0.328.